The Balaban J connectivity index is 1.78. The lowest BCUT2D eigenvalue weighted by Gasteiger charge is -2.23. The number of hydrogen-bond donors (Lipinski definition) is 0. The SMILES string of the molecule is COc1ccccc1N(CCC#N)C(=O)COC(=O)c1c(-c2ccccc2)noc1C. The molecule has 0 N–H and O–H groups in total. The maximum absolute atomic E-state index is 12.9. The Hall–Kier alpha value is -4.12. The molecule has 0 bridgehead atoms. The molecule has 158 valence electrons. The first-order valence-corrected chi connectivity index (χ1v) is 9.56. The molecule has 3 aromatic rings. The lowest BCUT2D eigenvalue weighted by Crippen LogP contribution is -2.35. The number of carbonyl (C=O) groups excluding carboxylic acids is 2. The zero-order chi connectivity index (χ0) is 22.2. The number of methoxy groups -OCH3 is 1. The molecule has 0 aliphatic heterocycles. The maximum Gasteiger partial charge on any atom is 0.344 e. The Bertz CT molecular complexity index is 1100. The van der Waals surface area contributed by atoms with Crippen LogP contribution in [0.2, 0.25) is 0 Å². The van der Waals surface area contributed by atoms with Gasteiger partial charge in [-0.25, -0.2) is 4.79 Å². The summed E-state index contributed by atoms with van der Waals surface area (Å²) in [5.41, 5.74) is 1.70. The molecule has 0 aliphatic rings. The van der Waals surface area contributed by atoms with E-state index in [0.29, 0.717) is 28.5 Å². The normalized spacial score (nSPS) is 10.2. The van der Waals surface area contributed by atoms with E-state index in [4.69, 9.17) is 19.3 Å². The number of amides is 1. The first-order valence-electron chi connectivity index (χ1n) is 9.56. The number of aromatic nitrogens is 1. The van der Waals surface area contributed by atoms with E-state index in [9.17, 15) is 9.59 Å². The van der Waals surface area contributed by atoms with E-state index in [0.717, 1.165) is 0 Å². The van der Waals surface area contributed by atoms with Crippen LogP contribution in [-0.4, -0.2) is 37.3 Å². The summed E-state index contributed by atoms with van der Waals surface area (Å²) >= 11 is 0. The Morgan fingerprint density at radius 3 is 2.55 bits per heavy atom. The predicted octanol–water partition coefficient (Wildman–Crippen LogP) is 3.76. The minimum atomic E-state index is -0.716. The van der Waals surface area contributed by atoms with Gasteiger partial charge < -0.3 is 18.9 Å². The highest BCUT2D eigenvalue weighted by atomic mass is 16.5. The van der Waals surface area contributed by atoms with Crippen LogP contribution < -0.4 is 9.64 Å². The minimum absolute atomic E-state index is 0.112. The number of esters is 1. The molecule has 3 rings (SSSR count). The lowest BCUT2D eigenvalue weighted by atomic mass is 10.1. The Morgan fingerprint density at radius 2 is 1.84 bits per heavy atom. The zero-order valence-corrected chi connectivity index (χ0v) is 17.2. The van der Waals surface area contributed by atoms with E-state index >= 15 is 0 Å². The monoisotopic (exact) mass is 419 g/mol. The zero-order valence-electron chi connectivity index (χ0n) is 17.2. The fraction of sp³-hybridized carbons (Fsp3) is 0.217. The molecule has 0 aliphatic carbocycles. The lowest BCUT2D eigenvalue weighted by molar-refractivity contribution is -0.121. The van der Waals surface area contributed by atoms with Crippen LogP contribution in [-0.2, 0) is 9.53 Å². The van der Waals surface area contributed by atoms with Crippen molar-refractivity contribution in [1.82, 2.24) is 5.16 Å². The van der Waals surface area contributed by atoms with Crippen LogP contribution in [0.1, 0.15) is 22.5 Å². The van der Waals surface area contributed by atoms with E-state index in [1.807, 2.05) is 24.3 Å². The van der Waals surface area contributed by atoms with Crippen molar-refractivity contribution < 1.29 is 23.6 Å². The molecule has 8 heteroatoms. The van der Waals surface area contributed by atoms with Crippen molar-refractivity contribution in [3.63, 3.8) is 0 Å². The number of para-hydroxylation sites is 2. The standard InChI is InChI=1S/C23H21N3O5/c1-16-21(22(25-31-16)17-9-4-3-5-10-17)23(28)30-15-20(27)26(14-8-13-24)18-11-6-7-12-19(18)29-2/h3-7,9-12H,8,14-15H2,1-2H3. The molecule has 2 aromatic carbocycles. The third-order valence-electron chi connectivity index (χ3n) is 4.57. The van der Waals surface area contributed by atoms with Crippen LogP contribution in [0.3, 0.4) is 0 Å². The molecule has 0 unspecified atom stereocenters. The second-order valence-corrected chi connectivity index (χ2v) is 6.53. The van der Waals surface area contributed by atoms with Crippen molar-refractivity contribution in [2.75, 3.05) is 25.2 Å². The number of nitrogens with zero attached hydrogens (tertiary/aromatic N) is 3. The largest absolute Gasteiger partial charge is 0.495 e. The molecule has 8 nitrogen and oxygen atoms in total. The topological polar surface area (TPSA) is 106 Å². The molecule has 1 heterocycles. The van der Waals surface area contributed by atoms with E-state index in [1.54, 1.807) is 43.3 Å². The van der Waals surface area contributed by atoms with Crippen molar-refractivity contribution in [3.8, 4) is 23.1 Å². The first-order chi connectivity index (χ1) is 15.1. The van der Waals surface area contributed by atoms with E-state index < -0.39 is 18.5 Å². The number of carbonyl (C=O) groups is 2. The summed E-state index contributed by atoms with van der Waals surface area (Å²) in [7, 11) is 1.49. The van der Waals surface area contributed by atoms with Crippen molar-refractivity contribution in [1.29, 1.82) is 5.26 Å². The minimum Gasteiger partial charge on any atom is -0.495 e. The van der Waals surface area contributed by atoms with Gasteiger partial charge in [0.1, 0.15) is 22.8 Å². The molecule has 0 atom stereocenters. The summed E-state index contributed by atoms with van der Waals surface area (Å²) in [6, 6.07) is 18.0. The second-order valence-electron chi connectivity index (χ2n) is 6.53. The average molecular weight is 419 g/mol. The van der Waals surface area contributed by atoms with Crippen LogP contribution in [0.4, 0.5) is 5.69 Å². The predicted molar refractivity (Wildman–Crippen MR) is 113 cm³/mol. The molecule has 0 fully saturated rings. The van der Waals surface area contributed by atoms with Crippen LogP contribution in [0.25, 0.3) is 11.3 Å². The summed E-state index contributed by atoms with van der Waals surface area (Å²) in [5, 5.41) is 12.9. The summed E-state index contributed by atoms with van der Waals surface area (Å²) in [5.74, 6) is -0.432. The number of ether oxygens (including phenoxy) is 2. The molecular weight excluding hydrogens is 398 g/mol. The van der Waals surface area contributed by atoms with Crippen molar-refractivity contribution >= 4 is 17.6 Å². The second kappa shape index (κ2) is 10.1. The molecular formula is C23H21N3O5. The van der Waals surface area contributed by atoms with Gasteiger partial charge in [-0.3, -0.25) is 4.79 Å². The smallest absolute Gasteiger partial charge is 0.344 e. The molecule has 1 amide bonds. The highest BCUT2D eigenvalue weighted by Gasteiger charge is 2.25. The van der Waals surface area contributed by atoms with Gasteiger partial charge in [0.25, 0.3) is 5.91 Å². The van der Waals surface area contributed by atoms with Gasteiger partial charge in [0.2, 0.25) is 0 Å². The summed E-state index contributed by atoms with van der Waals surface area (Å²) < 4.78 is 15.8. The third kappa shape index (κ3) is 4.90. The van der Waals surface area contributed by atoms with E-state index in [1.165, 1.54) is 12.0 Å². The van der Waals surface area contributed by atoms with Crippen LogP contribution in [0.5, 0.6) is 5.75 Å². The number of anilines is 1. The van der Waals surface area contributed by atoms with Crippen LogP contribution in [0.15, 0.2) is 59.1 Å². The number of nitriles is 1. The van der Waals surface area contributed by atoms with Crippen molar-refractivity contribution in [2.24, 2.45) is 0 Å². The Kier molecular flexibility index (Phi) is 7.01. The van der Waals surface area contributed by atoms with Gasteiger partial charge >= 0.3 is 5.97 Å². The van der Waals surface area contributed by atoms with Gasteiger partial charge in [-0.05, 0) is 19.1 Å². The maximum atomic E-state index is 12.9. The Morgan fingerprint density at radius 1 is 1.13 bits per heavy atom. The molecule has 1 aromatic heterocycles. The highest BCUT2D eigenvalue weighted by Crippen LogP contribution is 2.29. The summed E-state index contributed by atoms with van der Waals surface area (Å²) in [4.78, 5) is 27.0. The van der Waals surface area contributed by atoms with Gasteiger partial charge in [0.15, 0.2) is 6.61 Å². The highest BCUT2D eigenvalue weighted by molar-refractivity contribution is 6.00. The molecule has 0 radical (unpaired) electrons. The molecule has 0 spiro atoms. The van der Waals surface area contributed by atoms with Crippen molar-refractivity contribution in [3.05, 3.63) is 65.9 Å². The van der Waals surface area contributed by atoms with Gasteiger partial charge in [-0.15, -0.1) is 0 Å². The number of rotatable bonds is 8. The Labute approximate surface area is 179 Å². The molecule has 0 saturated carbocycles. The molecule has 0 saturated heterocycles. The fourth-order valence-corrected chi connectivity index (χ4v) is 3.08. The van der Waals surface area contributed by atoms with Gasteiger partial charge in [0.05, 0.1) is 25.3 Å². The number of hydrogen-bond acceptors (Lipinski definition) is 7. The molecule has 31 heavy (non-hydrogen) atoms. The third-order valence-corrected chi connectivity index (χ3v) is 4.57. The van der Waals surface area contributed by atoms with Gasteiger partial charge in [-0.2, -0.15) is 5.26 Å². The number of benzene rings is 2. The van der Waals surface area contributed by atoms with E-state index in [-0.39, 0.29) is 18.5 Å². The van der Waals surface area contributed by atoms with Gasteiger partial charge in [-0.1, -0.05) is 47.6 Å². The summed E-state index contributed by atoms with van der Waals surface area (Å²) in [6.45, 7) is 1.22. The quantitative estimate of drug-likeness (QED) is 0.512. The first kappa shape index (κ1) is 21.6. The fourth-order valence-electron chi connectivity index (χ4n) is 3.08. The number of aryl methyl sites for hydroxylation is 1. The van der Waals surface area contributed by atoms with Crippen LogP contribution in [0, 0.1) is 18.3 Å². The van der Waals surface area contributed by atoms with Crippen molar-refractivity contribution in [2.45, 2.75) is 13.3 Å². The van der Waals surface area contributed by atoms with E-state index in [2.05, 4.69) is 5.16 Å². The summed E-state index contributed by atoms with van der Waals surface area (Å²) in [6.07, 6.45) is 0.112. The van der Waals surface area contributed by atoms with Gasteiger partial charge in [0, 0.05) is 12.1 Å². The average Bonchev–Trinajstić information content (AvgIpc) is 3.20. The van der Waals surface area contributed by atoms with Crippen LogP contribution >= 0.6 is 0 Å².